The van der Waals surface area contributed by atoms with Gasteiger partial charge in [0.1, 0.15) is 0 Å². The van der Waals surface area contributed by atoms with Crippen LogP contribution in [0.15, 0.2) is 97.1 Å². The van der Waals surface area contributed by atoms with E-state index >= 15 is 0 Å². The molecule has 7 heteroatoms. The standard InChI is InChI=1S/C25H16N2O5/c28-25(21-5-1-17(2-6-21)19-9-13-23(14-10-19)26(29)30)22-7-3-18(4-8-22)20-11-15-24(16-12-20)27(31)32/h1-16H. The number of carbonyl (C=O) groups excluding carboxylic acids is 1. The minimum absolute atomic E-state index is 0.0257. The molecule has 0 fully saturated rings. The van der Waals surface area contributed by atoms with E-state index < -0.39 is 9.85 Å². The summed E-state index contributed by atoms with van der Waals surface area (Å²) in [4.78, 5) is 33.5. The van der Waals surface area contributed by atoms with E-state index in [9.17, 15) is 25.0 Å². The van der Waals surface area contributed by atoms with Gasteiger partial charge in [0, 0.05) is 35.4 Å². The fraction of sp³-hybridized carbons (Fsp3) is 0. The highest BCUT2D eigenvalue weighted by Crippen LogP contribution is 2.25. The molecule has 0 N–H and O–H groups in total. The van der Waals surface area contributed by atoms with Gasteiger partial charge in [0.2, 0.25) is 0 Å². The van der Waals surface area contributed by atoms with Crippen molar-refractivity contribution in [3.05, 3.63) is 128 Å². The van der Waals surface area contributed by atoms with Gasteiger partial charge in [-0.05, 0) is 46.5 Å². The molecule has 0 radical (unpaired) electrons. The average molecular weight is 424 g/mol. The van der Waals surface area contributed by atoms with Crippen LogP contribution in [-0.4, -0.2) is 15.6 Å². The van der Waals surface area contributed by atoms with E-state index in [1.165, 1.54) is 24.3 Å². The summed E-state index contributed by atoms with van der Waals surface area (Å²) in [7, 11) is 0. The summed E-state index contributed by atoms with van der Waals surface area (Å²) in [5, 5.41) is 21.6. The van der Waals surface area contributed by atoms with Gasteiger partial charge in [-0.1, -0.05) is 48.5 Å². The molecule has 0 aromatic heterocycles. The first-order valence-corrected chi connectivity index (χ1v) is 9.67. The predicted molar refractivity (Wildman–Crippen MR) is 120 cm³/mol. The van der Waals surface area contributed by atoms with Crippen LogP contribution in [0.2, 0.25) is 0 Å². The van der Waals surface area contributed by atoms with Crippen molar-refractivity contribution in [2.75, 3.05) is 0 Å². The quantitative estimate of drug-likeness (QED) is 0.212. The second-order valence-corrected chi connectivity index (χ2v) is 7.09. The lowest BCUT2D eigenvalue weighted by Crippen LogP contribution is -2.01. The normalized spacial score (nSPS) is 10.5. The maximum absolute atomic E-state index is 12.8. The van der Waals surface area contributed by atoms with Gasteiger partial charge in [0.05, 0.1) is 9.85 Å². The molecule has 0 saturated heterocycles. The van der Waals surface area contributed by atoms with Gasteiger partial charge in [0.15, 0.2) is 5.78 Å². The lowest BCUT2D eigenvalue weighted by atomic mass is 9.97. The molecule has 0 bridgehead atoms. The van der Waals surface area contributed by atoms with Crippen LogP contribution in [0.5, 0.6) is 0 Å². The Morgan fingerprint density at radius 2 is 0.719 bits per heavy atom. The van der Waals surface area contributed by atoms with Gasteiger partial charge in [-0.25, -0.2) is 0 Å². The SMILES string of the molecule is O=C(c1ccc(-c2ccc([N+](=O)[O-])cc2)cc1)c1ccc(-c2ccc([N+](=O)[O-])cc2)cc1. The average Bonchev–Trinajstić information content (AvgIpc) is 2.84. The summed E-state index contributed by atoms with van der Waals surface area (Å²) < 4.78 is 0. The summed E-state index contributed by atoms with van der Waals surface area (Å²) in [6.07, 6.45) is 0. The van der Waals surface area contributed by atoms with Crippen LogP contribution < -0.4 is 0 Å². The van der Waals surface area contributed by atoms with Crippen molar-refractivity contribution in [3.8, 4) is 22.3 Å². The van der Waals surface area contributed by atoms with E-state index in [-0.39, 0.29) is 17.2 Å². The number of nitro groups is 2. The van der Waals surface area contributed by atoms with Gasteiger partial charge in [0.25, 0.3) is 11.4 Å². The predicted octanol–water partition coefficient (Wildman–Crippen LogP) is 6.07. The molecular formula is C25H16N2O5. The Bertz CT molecular complexity index is 1190. The van der Waals surface area contributed by atoms with E-state index in [4.69, 9.17) is 0 Å². The summed E-state index contributed by atoms with van der Waals surface area (Å²) in [5.74, 6) is -0.129. The van der Waals surface area contributed by atoms with Crippen molar-refractivity contribution in [2.45, 2.75) is 0 Å². The number of nitro benzene ring substituents is 2. The first kappa shape index (κ1) is 20.6. The van der Waals surface area contributed by atoms with Gasteiger partial charge < -0.3 is 0 Å². The first-order valence-electron chi connectivity index (χ1n) is 9.67. The molecular weight excluding hydrogens is 408 g/mol. The zero-order chi connectivity index (χ0) is 22.7. The molecule has 7 nitrogen and oxygen atoms in total. The molecule has 4 aromatic rings. The Hall–Kier alpha value is -4.65. The van der Waals surface area contributed by atoms with Crippen LogP contribution >= 0.6 is 0 Å². The second kappa shape index (κ2) is 8.61. The topological polar surface area (TPSA) is 103 Å². The molecule has 0 aliphatic carbocycles. The van der Waals surface area contributed by atoms with Crippen molar-refractivity contribution in [1.29, 1.82) is 0 Å². The molecule has 0 unspecified atom stereocenters. The monoisotopic (exact) mass is 424 g/mol. The van der Waals surface area contributed by atoms with Crippen LogP contribution in [0.1, 0.15) is 15.9 Å². The van der Waals surface area contributed by atoms with E-state index in [1.54, 1.807) is 72.8 Å². The van der Waals surface area contributed by atoms with Crippen LogP contribution in [0, 0.1) is 20.2 Å². The summed E-state index contributed by atoms with van der Waals surface area (Å²) in [5.41, 5.74) is 4.45. The highest BCUT2D eigenvalue weighted by Gasteiger charge is 2.11. The lowest BCUT2D eigenvalue weighted by Gasteiger charge is -2.06. The van der Waals surface area contributed by atoms with E-state index in [0.717, 1.165) is 22.3 Å². The van der Waals surface area contributed by atoms with Crippen LogP contribution in [0.25, 0.3) is 22.3 Å². The van der Waals surface area contributed by atoms with Gasteiger partial charge >= 0.3 is 0 Å². The third kappa shape index (κ3) is 4.27. The van der Waals surface area contributed by atoms with Crippen molar-refractivity contribution in [2.24, 2.45) is 0 Å². The van der Waals surface area contributed by atoms with Crippen LogP contribution in [0.3, 0.4) is 0 Å². The van der Waals surface area contributed by atoms with Crippen molar-refractivity contribution >= 4 is 17.2 Å². The number of nitrogens with zero attached hydrogens (tertiary/aromatic N) is 2. The third-order valence-electron chi connectivity index (χ3n) is 5.12. The molecule has 0 aliphatic rings. The molecule has 0 atom stereocenters. The van der Waals surface area contributed by atoms with E-state index in [0.29, 0.717) is 11.1 Å². The second-order valence-electron chi connectivity index (χ2n) is 7.09. The zero-order valence-corrected chi connectivity index (χ0v) is 16.7. The third-order valence-corrected chi connectivity index (χ3v) is 5.12. The Morgan fingerprint density at radius 1 is 0.469 bits per heavy atom. The molecule has 0 amide bonds. The van der Waals surface area contributed by atoms with Crippen molar-refractivity contribution < 1.29 is 14.6 Å². The minimum Gasteiger partial charge on any atom is -0.289 e. The molecule has 0 saturated carbocycles. The minimum atomic E-state index is -0.446. The van der Waals surface area contributed by atoms with Crippen molar-refractivity contribution in [1.82, 2.24) is 0 Å². The highest BCUT2D eigenvalue weighted by atomic mass is 16.6. The van der Waals surface area contributed by atoms with E-state index in [2.05, 4.69) is 0 Å². The summed E-state index contributed by atoms with van der Waals surface area (Å²) >= 11 is 0. The summed E-state index contributed by atoms with van der Waals surface area (Å²) in [6, 6.07) is 26.6. The molecule has 0 heterocycles. The number of benzene rings is 4. The van der Waals surface area contributed by atoms with Gasteiger partial charge in [-0.15, -0.1) is 0 Å². The molecule has 156 valence electrons. The van der Waals surface area contributed by atoms with E-state index in [1.807, 2.05) is 0 Å². The van der Waals surface area contributed by atoms with Crippen LogP contribution in [-0.2, 0) is 0 Å². The first-order chi connectivity index (χ1) is 15.4. The highest BCUT2D eigenvalue weighted by molar-refractivity contribution is 6.09. The Kier molecular flexibility index (Phi) is 5.55. The van der Waals surface area contributed by atoms with Crippen LogP contribution in [0.4, 0.5) is 11.4 Å². The van der Waals surface area contributed by atoms with Gasteiger partial charge in [-0.3, -0.25) is 25.0 Å². The maximum atomic E-state index is 12.8. The van der Waals surface area contributed by atoms with Crippen molar-refractivity contribution in [3.63, 3.8) is 0 Å². The summed E-state index contributed by atoms with van der Waals surface area (Å²) in [6.45, 7) is 0. The fourth-order valence-electron chi connectivity index (χ4n) is 3.35. The maximum Gasteiger partial charge on any atom is 0.269 e. The molecule has 0 aliphatic heterocycles. The Labute approximate surface area is 182 Å². The largest absolute Gasteiger partial charge is 0.289 e. The lowest BCUT2D eigenvalue weighted by molar-refractivity contribution is -0.385. The number of non-ortho nitro benzene ring substituents is 2. The number of carbonyl (C=O) groups is 1. The number of ketones is 1. The molecule has 4 rings (SSSR count). The van der Waals surface area contributed by atoms with Gasteiger partial charge in [-0.2, -0.15) is 0 Å². The zero-order valence-electron chi connectivity index (χ0n) is 16.7. The number of hydrogen-bond acceptors (Lipinski definition) is 5. The molecule has 0 spiro atoms. The number of hydrogen-bond donors (Lipinski definition) is 0. The number of rotatable bonds is 6. The molecule has 4 aromatic carbocycles. The molecule has 32 heavy (non-hydrogen) atoms. The Morgan fingerprint density at radius 3 is 0.969 bits per heavy atom. The Balaban J connectivity index is 1.50. The smallest absolute Gasteiger partial charge is 0.269 e. The fourth-order valence-corrected chi connectivity index (χ4v) is 3.35.